The van der Waals surface area contributed by atoms with E-state index >= 15 is 0 Å². The van der Waals surface area contributed by atoms with Gasteiger partial charge in [0.15, 0.2) is 0 Å². The van der Waals surface area contributed by atoms with E-state index < -0.39 is 0 Å². The Kier molecular flexibility index (Phi) is 5.25. The molecule has 8 bridgehead atoms. The topological polar surface area (TPSA) is 17.3 Å². The molecule has 6 aromatic rings. The monoisotopic (exact) mass is 644 g/mol. The van der Waals surface area contributed by atoms with Crippen molar-refractivity contribution in [3.63, 3.8) is 0 Å². The van der Waals surface area contributed by atoms with Crippen LogP contribution in [0.1, 0.15) is 163 Å². The smallest absolute Gasteiger partial charge is 0.0728 e. The van der Waals surface area contributed by atoms with Gasteiger partial charge in [0.2, 0.25) is 0 Å². The summed E-state index contributed by atoms with van der Waals surface area (Å²) >= 11 is 0. The van der Waals surface area contributed by atoms with Crippen LogP contribution in [0.3, 0.4) is 0 Å². The molecular weight excluding hydrogens is 593 g/mol. The van der Waals surface area contributed by atoms with Gasteiger partial charge in [-0.05, 0) is 173 Å². The molecule has 3 heterocycles. The Morgan fingerprint density at radius 1 is 0.551 bits per heavy atom. The number of rotatable bonds is 0. The second-order valence-corrected chi connectivity index (χ2v) is 20.5. The first kappa shape index (κ1) is 28.6. The van der Waals surface area contributed by atoms with Crippen LogP contribution in [0.5, 0.6) is 0 Å². The molecule has 0 amide bonds. The third-order valence-corrected chi connectivity index (χ3v) is 15.4. The Balaban J connectivity index is 1.31. The summed E-state index contributed by atoms with van der Waals surface area (Å²) in [5.41, 5.74) is 14.1. The van der Waals surface area contributed by atoms with Crippen molar-refractivity contribution in [1.29, 1.82) is 0 Å². The van der Waals surface area contributed by atoms with E-state index in [1.807, 2.05) is 0 Å². The third-order valence-electron chi connectivity index (χ3n) is 15.4. The average molecular weight is 645 g/mol. The molecule has 3 aromatic carbocycles. The SMILES string of the molecule is CC(C)(C)c1cc(C(C)(C)C)c2cc3c4c5c(ccc4n4c6cnc7c(c6c(c2c1)c34)C1CC2CC(CC7C2)C1)C1CC2CC(C1)CC5C2. The van der Waals surface area contributed by atoms with Gasteiger partial charge >= 0.3 is 0 Å². The van der Waals surface area contributed by atoms with E-state index in [1.54, 1.807) is 32.8 Å². The summed E-state index contributed by atoms with van der Waals surface area (Å²) in [6, 6.07) is 13.1. The highest BCUT2D eigenvalue weighted by molar-refractivity contribution is 6.32. The van der Waals surface area contributed by atoms with Crippen molar-refractivity contribution in [3.05, 3.63) is 70.0 Å². The van der Waals surface area contributed by atoms with E-state index in [0.717, 1.165) is 29.6 Å². The highest BCUT2D eigenvalue weighted by Gasteiger charge is 2.46. The fourth-order valence-electron chi connectivity index (χ4n) is 13.8. The Morgan fingerprint density at radius 3 is 1.84 bits per heavy atom. The Morgan fingerprint density at radius 2 is 1.18 bits per heavy atom. The van der Waals surface area contributed by atoms with Crippen LogP contribution in [0.15, 0.2) is 36.5 Å². The first-order valence-electron chi connectivity index (χ1n) is 20.2. The summed E-state index contributed by atoms with van der Waals surface area (Å²) in [5.74, 6) is 6.42. The minimum atomic E-state index is 0.0431. The van der Waals surface area contributed by atoms with Crippen LogP contribution in [-0.4, -0.2) is 9.38 Å². The highest BCUT2D eigenvalue weighted by atomic mass is 14.9. The molecule has 4 unspecified atom stereocenters. The average Bonchev–Trinajstić information content (AvgIpc) is 3.42. The molecule has 0 spiro atoms. The molecule has 0 N–H and O–H groups in total. The molecule has 4 fully saturated rings. The van der Waals surface area contributed by atoms with Crippen molar-refractivity contribution in [2.75, 3.05) is 0 Å². The van der Waals surface area contributed by atoms with Gasteiger partial charge in [0.1, 0.15) is 0 Å². The lowest BCUT2D eigenvalue weighted by Crippen LogP contribution is -2.25. The Bertz CT molecular complexity index is 2400. The largest absolute Gasteiger partial charge is 0.306 e. The maximum atomic E-state index is 5.55. The van der Waals surface area contributed by atoms with Crippen LogP contribution in [0.4, 0.5) is 0 Å². The molecule has 4 saturated carbocycles. The number of nitrogens with zero attached hydrogens (tertiary/aromatic N) is 2. The van der Waals surface area contributed by atoms with Gasteiger partial charge in [0.05, 0.1) is 22.7 Å². The van der Waals surface area contributed by atoms with Gasteiger partial charge in [-0.3, -0.25) is 4.98 Å². The van der Waals surface area contributed by atoms with Gasteiger partial charge in [0.25, 0.3) is 0 Å². The maximum Gasteiger partial charge on any atom is 0.0728 e. The molecule has 2 nitrogen and oxygen atoms in total. The molecule has 0 radical (unpaired) electrons. The quantitative estimate of drug-likeness (QED) is 0.161. The van der Waals surface area contributed by atoms with Crippen molar-refractivity contribution in [2.45, 2.75) is 140 Å². The van der Waals surface area contributed by atoms with Gasteiger partial charge < -0.3 is 4.40 Å². The predicted molar refractivity (Wildman–Crippen MR) is 205 cm³/mol. The van der Waals surface area contributed by atoms with Crippen molar-refractivity contribution >= 4 is 48.9 Å². The minimum absolute atomic E-state index is 0.0431. The van der Waals surface area contributed by atoms with Crippen LogP contribution >= 0.6 is 0 Å². The number of hydrogen-bond donors (Lipinski definition) is 0. The number of benzene rings is 3. The summed E-state index contributed by atoms with van der Waals surface area (Å²) in [4.78, 5) is 5.55. The normalized spacial score (nSPS) is 31.9. The first-order chi connectivity index (χ1) is 23.5. The minimum Gasteiger partial charge on any atom is -0.306 e. The Hall–Kier alpha value is -3.13. The standard InChI is InChI=1S/C47H52N2/c1-46(2,3)31-19-34-33(36(20-31)47(4,5)6)21-35-41-37(8-7-32-27-11-23-9-24(12-27)14-28(13-23)39(32)41)49-38-22-48-44-30-17-25-10-26(18-30)16-29(15-25)40(44)43(38)42(34)45(35)49/h7-8,19-30H,9-18H2,1-6H3. The highest BCUT2D eigenvalue weighted by Crippen LogP contribution is 2.61. The lowest BCUT2D eigenvalue weighted by Gasteiger charge is -2.38. The van der Waals surface area contributed by atoms with E-state index in [1.165, 1.54) is 114 Å². The van der Waals surface area contributed by atoms with Gasteiger partial charge in [-0.25, -0.2) is 0 Å². The molecule has 14 rings (SSSR count). The van der Waals surface area contributed by atoms with Crippen LogP contribution < -0.4 is 0 Å². The van der Waals surface area contributed by atoms with Crippen LogP contribution in [0, 0.1) is 23.7 Å². The zero-order chi connectivity index (χ0) is 32.9. The number of hydrogen-bond acceptors (Lipinski definition) is 1. The van der Waals surface area contributed by atoms with E-state index in [4.69, 9.17) is 4.98 Å². The lowest BCUT2D eigenvalue weighted by atomic mass is 9.67. The predicted octanol–water partition coefficient (Wildman–Crippen LogP) is 12.8. The number of aromatic nitrogens is 2. The van der Waals surface area contributed by atoms with E-state index in [9.17, 15) is 0 Å². The van der Waals surface area contributed by atoms with Crippen LogP contribution in [0.2, 0.25) is 0 Å². The lowest BCUT2D eigenvalue weighted by molar-refractivity contribution is 0.165. The molecule has 8 aliphatic rings. The Labute approximate surface area is 291 Å². The molecule has 2 heteroatoms. The van der Waals surface area contributed by atoms with Gasteiger partial charge in [-0.2, -0.15) is 0 Å². The van der Waals surface area contributed by atoms with Crippen molar-refractivity contribution in [1.82, 2.24) is 9.38 Å². The number of fused-ring (bicyclic) bond motifs is 8. The third kappa shape index (κ3) is 3.62. The van der Waals surface area contributed by atoms with Gasteiger partial charge in [-0.1, -0.05) is 53.7 Å². The second-order valence-electron chi connectivity index (χ2n) is 20.5. The summed E-state index contributed by atoms with van der Waals surface area (Å²) in [6.07, 6.45) is 16.4. The first-order valence-corrected chi connectivity index (χ1v) is 20.2. The summed E-state index contributed by atoms with van der Waals surface area (Å²) in [5, 5.41) is 9.27. The number of pyridine rings is 1. The molecule has 0 aliphatic heterocycles. The van der Waals surface area contributed by atoms with Crippen molar-refractivity contribution in [3.8, 4) is 0 Å². The molecular formula is C47H52N2. The molecule has 8 aliphatic carbocycles. The van der Waals surface area contributed by atoms with E-state index in [2.05, 4.69) is 82.5 Å². The molecule has 0 saturated heterocycles. The van der Waals surface area contributed by atoms with Crippen LogP contribution in [0.25, 0.3) is 48.9 Å². The second kappa shape index (κ2) is 9.02. The summed E-state index contributed by atoms with van der Waals surface area (Å²) in [7, 11) is 0. The van der Waals surface area contributed by atoms with E-state index in [0.29, 0.717) is 17.8 Å². The molecule has 3 aromatic heterocycles. The van der Waals surface area contributed by atoms with Crippen molar-refractivity contribution < 1.29 is 0 Å². The fourth-order valence-corrected chi connectivity index (χ4v) is 13.8. The van der Waals surface area contributed by atoms with Gasteiger partial charge in [0, 0.05) is 33.2 Å². The van der Waals surface area contributed by atoms with Gasteiger partial charge in [-0.15, -0.1) is 0 Å². The zero-order valence-corrected chi connectivity index (χ0v) is 30.5. The summed E-state index contributed by atoms with van der Waals surface area (Å²) in [6.45, 7) is 14.6. The van der Waals surface area contributed by atoms with Crippen molar-refractivity contribution in [2.24, 2.45) is 23.7 Å². The van der Waals surface area contributed by atoms with E-state index in [-0.39, 0.29) is 10.8 Å². The van der Waals surface area contributed by atoms with Crippen LogP contribution in [-0.2, 0) is 10.8 Å². The zero-order valence-electron chi connectivity index (χ0n) is 30.5. The maximum absolute atomic E-state index is 5.55. The molecule has 250 valence electrons. The fraction of sp³-hybridized carbons (Fsp3) is 0.553. The molecule has 4 atom stereocenters. The summed E-state index contributed by atoms with van der Waals surface area (Å²) < 4.78 is 2.74. The molecule has 49 heavy (non-hydrogen) atoms.